The summed E-state index contributed by atoms with van der Waals surface area (Å²) in [6.45, 7) is -0.164. The lowest BCUT2D eigenvalue weighted by Gasteiger charge is -2.15. The zero-order chi connectivity index (χ0) is 19.9. The largest absolute Gasteiger partial charge is 0.497 e. The Morgan fingerprint density at radius 3 is 2.46 bits per heavy atom. The van der Waals surface area contributed by atoms with Crippen molar-refractivity contribution >= 4 is 5.82 Å². The number of nitrogens with zero attached hydrogens (tertiary/aromatic N) is 2. The first-order chi connectivity index (χ1) is 13.7. The molecule has 3 N–H and O–H groups in total. The average molecular weight is 383 g/mol. The predicted molar refractivity (Wildman–Crippen MR) is 104 cm³/mol. The van der Waals surface area contributed by atoms with E-state index in [9.17, 15) is 0 Å². The van der Waals surface area contributed by atoms with E-state index in [-0.39, 0.29) is 30.7 Å². The molecule has 8 heteroatoms. The molecular formula is C20H21N3O5. The summed E-state index contributed by atoms with van der Waals surface area (Å²) in [6, 6.07) is 14.3. The van der Waals surface area contributed by atoms with Crippen molar-refractivity contribution in [2.75, 3.05) is 33.2 Å². The standard InChI is InChI=1S/C20H21N3O5/c1-25-14-7-5-6-13(12-14)19-22-18(21)17(20(23-19)27-11-10-24)28-16-9-4-3-8-15(16)26-2/h3-9,12,24H,10-11H2,1-2H3,(H2,21,22,23). The maximum atomic E-state index is 9.14. The molecule has 0 spiro atoms. The zero-order valence-corrected chi connectivity index (χ0v) is 15.6. The van der Waals surface area contributed by atoms with E-state index in [0.717, 1.165) is 0 Å². The highest BCUT2D eigenvalue weighted by atomic mass is 16.5. The van der Waals surface area contributed by atoms with E-state index in [1.54, 1.807) is 31.4 Å². The first-order valence-corrected chi connectivity index (χ1v) is 8.52. The molecule has 146 valence electrons. The third kappa shape index (κ3) is 4.24. The van der Waals surface area contributed by atoms with Crippen molar-refractivity contribution in [2.45, 2.75) is 0 Å². The van der Waals surface area contributed by atoms with Gasteiger partial charge < -0.3 is 29.8 Å². The van der Waals surface area contributed by atoms with E-state index in [1.807, 2.05) is 24.3 Å². The Kier molecular flexibility index (Phi) is 6.13. The van der Waals surface area contributed by atoms with Crippen LogP contribution in [0.2, 0.25) is 0 Å². The molecule has 1 aromatic heterocycles. The number of hydrogen-bond acceptors (Lipinski definition) is 8. The topological polar surface area (TPSA) is 109 Å². The van der Waals surface area contributed by atoms with E-state index in [4.69, 9.17) is 29.8 Å². The Bertz CT molecular complexity index is 949. The molecule has 0 fully saturated rings. The number of aliphatic hydroxyl groups is 1. The molecule has 0 aliphatic carbocycles. The normalized spacial score (nSPS) is 10.4. The smallest absolute Gasteiger partial charge is 0.263 e. The van der Waals surface area contributed by atoms with E-state index >= 15 is 0 Å². The summed E-state index contributed by atoms with van der Waals surface area (Å²) >= 11 is 0. The summed E-state index contributed by atoms with van der Waals surface area (Å²) in [5.41, 5.74) is 6.85. The molecule has 0 aliphatic rings. The van der Waals surface area contributed by atoms with Gasteiger partial charge in [0.15, 0.2) is 23.1 Å². The fourth-order valence-electron chi connectivity index (χ4n) is 2.49. The summed E-state index contributed by atoms with van der Waals surface area (Å²) in [6.07, 6.45) is 0. The fourth-order valence-corrected chi connectivity index (χ4v) is 2.49. The zero-order valence-electron chi connectivity index (χ0n) is 15.6. The lowest BCUT2D eigenvalue weighted by Crippen LogP contribution is -2.08. The molecule has 0 saturated carbocycles. The average Bonchev–Trinajstić information content (AvgIpc) is 2.74. The predicted octanol–water partition coefficient (Wildman–Crippen LogP) is 2.91. The third-order valence-electron chi connectivity index (χ3n) is 3.80. The third-order valence-corrected chi connectivity index (χ3v) is 3.80. The molecule has 0 aliphatic heterocycles. The second kappa shape index (κ2) is 8.92. The number of aliphatic hydroxyl groups excluding tert-OH is 1. The molecular weight excluding hydrogens is 362 g/mol. The van der Waals surface area contributed by atoms with Crippen LogP contribution in [0.3, 0.4) is 0 Å². The van der Waals surface area contributed by atoms with Crippen molar-refractivity contribution in [3.05, 3.63) is 48.5 Å². The number of nitrogen functional groups attached to an aromatic ring is 1. The maximum Gasteiger partial charge on any atom is 0.263 e. The number of methoxy groups -OCH3 is 2. The molecule has 0 unspecified atom stereocenters. The van der Waals surface area contributed by atoms with Crippen LogP contribution in [0.15, 0.2) is 48.5 Å². The second-order valence-electron chi connectivity index (χ2n) is 5.62. The number of hydrogen-bond donors (Lipinski definition) is 2. The van der Waals surface area contributed by atoms with Crippen LogP contribution in [0, 0.1) is 0 Å². The lowest BCUT2D eigenvalue weighted by atomic mass is 10.2. The van der Waals surface area contributed by atoms with Crippen LogP contribution in [-0.2, 0) is 0 Å². The van der Waals surface area contributed by atoms with Crippen LogP contribution in [0.4, 0.5) is 5.82 Å². The van der Waals surface area contributed by atoms with Gasteiger partial charge in [-0.25, -0.2) is 4.98 Å². The van der Waals surface area contributed by atoms with Gasteiger partial charge in [-0.1, -0.05) is 24.3 Å². The fraction of sp³-hybridized carbons (Fsp3) is 0.200. The van der Waals surface area contributed by atoms with Crippen LogP contribution >= 0.6 is 0 Å². The highest BCUT2D eigenvalue weighted by Gasteiger charge is 2.19. The summed E-state index contributed by atoms with van der Waals surface area (Å²) < 4.78 is 22.0. The highest BCUT2D eigenvalue weighted by molar-refractivity contribution is 5.64. The monoisotopic (exact) mass is 383 g/mol. The van der Waals surface area contributed by atoms with Crippen molar-refractivity contribution in [3.8, 4) is 40.3 Å². The van der Waals surface area contributed by atoms with E-state index in [0.29, 0.717) is 28.6 Å². The molecule has 0 radical (unpaired) electrons. The van der Waals surface area contributed by atoms with Crippen LogP contribution in [-0.4, -0.2) is 42.5 Å². The summed E-state index contributed by atoms with van der Waals surface area (Å²) in [5, 5.41) is 9.14. The van der Waals surface area contributed by atoms with Gasteiger partial charge in [-0.05, 0) is 24.3 Å². The van der Waals surface area contributed by atoms with Crippen LogP contribution < -0.4 is 24.7 Å². The summed E-state index contributed by atoms with van der Waals surface area (Å²) in [7, 11) is 3.12. The number of aromatic nitrogens is 2. The van der Waals surface area contributed by atoms with Gasteiger partial charge in [0, 0.05) is 5.56 Å². The van der Waals surface area contributed by atoms with E-state index < -0.39 is 0 Å². The van der Waals surface area contributed by atoms with Gasteiger partial charge in [0.25, 0.3) is 5.88 Å². The van der Waals surface area contributed by atoms with E-state index in [2.05, 4.69) is 9.97 Å². The minimum atomic E-state index is -0.188. The van der Waals surface area contributed by atoms with Gasteiger partial charge in [0.05, 0.1) is 20.8 Å². The molecule has 0 atom stereocenters. The number of rotatable bonds is 8. The van der Waals surface area contributed by atoms with Crippen molar-refractivity contribution in [1.29, 1.82) is 0 Å². The number of para-hydroxylation sites is 2. The Morgan fingerprint density at radius 2 is 1.75 bits per heavy atom. The lowest BCUT2D eigenvalue weighted by molar-refractivity contribution is 0.192. The molecule has 28 heavy (non-hydrogen) atoms. The van der Waals surface area contributed by atoms with Crippen molar-refractivity contribution in [2.24, 2.45) is 0 Å². The van der Waals surface area contributed by atoms with Crippen LogP contribution in [0.25, 0.3) is 11.4 Å². The molecule has 1 heterocycles. The molecule has 2 aromatic carbocycles. The van der Waals surface area contributed by atoms with Crippen molar-refractivity contribution in [1.82, 2.24) is 9.97 Å². The first-order valence-electron chi connectivity index (χ1n) is 8.52. The number of anilines is 1. The molecule has 3 aromatic rings. The Balaban J connectivity index is 2.04. The summed E-state index contributed by atoms with van der Waals surface area (Å²) in [5.74, 6) is 2.31. The Hall–Kier alpha value is -3.52. The highest BCUT2D eigenvalue weighted by Crippen LogP contribution is 2.39. The SMILES string of the molecule is COc1cccc(-c2nc(N)c(Oc3ccccc3OC)c(OCCO)n2)c1. The molecule has 0 amide bonds. The van der Waals surface area contributed by atoms with Gasteiger partial charge >= 0.3 is 0 Å². The number of benzene rings is 2. The number of ether oxygens (including phenoxy) is 4. The van der Waals surface area contributed by atoms with Gasteiger partial charge in [-0.2, -0.15) is 4.98 Å². The maximum absolute atomic E-state index is 9.14. The summed E-state index contributed by atoms with van der Waals surface area (Å²) in [4.78, 5) is 8.76. The van der Waals surface area contributed by atoms with Crippen LogP contribution in [0.1, 0.15) is 0 Å². The molecule has 0 saturated heterocycles. The molecule has 3 rings (SSSR count). The Labute approximate surface area is 162 Å². The minimum Gasteiger partial charge on any atom is -0.497 e. The van der Waals surface area contributed by atoms with Crippen molar-refractivity contribution < 1.29 is 24.1 Å². The second-order valence-corrected chi connectivity index (χ2v) is 5.62. The quantitative estimate of drug-likeness (QED) is 0.611. The molecule has 0 bridgehead atoms. The first kappa shape index (κ1) is 19.2. The van der Waals surface area contributed by atoms with Crippen LogP contribution in [0.5, 0.6) is 28.9 Å². The minimum absolute atomic E-state index is 0.0241. The van der Waals surface area contributed by atoms with Gasteiger partial charge in [0.1, 0.15) is 12.4 Å². The van der Waals surface area contributed by atoms with Gasteiger partial charge in [0.2, 0.25) is 5.75 Å². The molecule has 8 nitrogen and oxygen atoms in total. The Morgan fingerprint density at radius 1 is 0.964 bits per heavy atom. The number of nitrogens with two attached hydrogens (primary N) is 1. The van der Waals surface area contributed by atoms with Crippen molar-refractivity contribution in [3.63, 3.8) is 0 Å². The van der Waals surface area contributed by atoms with Gasteiger partial charge in [-0.3, -0.25) is 0 Å². The van der Waals surface area contributed by atoms with Gasteiger partial charge in [-0.15, -0.1) is 0 Å². The van der Waals surface area contributed by atoms with E-state index in [1.165, 1.54) is 7.11 Å².